The number of unbranched alkanes of at least 4 members (excludes halogenated alkanes) is 1. The fourth-order valence-corrected chi connectivity index (χ4v) is 1.50. The molecule has 0 atom stereocenters. The molecule has 0 spiro atoms. The van der Waals surface area contributed by atoms with Gasteiger partial charge in [-0.3, -0.25) is 4.99 Å². The average Bonchev–Trinajstić information content (AvgIpc) is 2.29. The minimum atomic E-state index is 0.896. The van der Waals surface area contributed by atoms with E-state index in [0.29, 0.717) is 0 Å². The molecule has 2 nitrogen and oxygen atoms in total. The van der Waals surface area contributed by atoms with Crippen molar-refractivity contribution in [3.63, 3.8) is 0 Å². The summed E-state index contributed by atoms with van der Waals surface area (Å²) in [4.78, 5) is 4.45. The van der Waals surface area contributed by atoms with Gasteiger partial charge in [0.2, 0.25) is 0 Å². The fraction of sp³-hybridized carbons (Fsp3) is 0.462. The lowest BCUT2D eigenvalue weighted by Gasteiger charge is -2.16. The standard InChI is InChI=1S/C13H20N2/c1-4-6-9-14-11(3)13-12(5-2)8-7-10-15-13/h5,7-9,15H,4,6,10H2,1-3H3/b12-5-,13-11-,14-9?. The molecule has 0 aromatic carbocycles. The van der Waals surface area contributed by atoms with Crippen LogP contribution in [0.1, 0.15) is 33.6 Å². The van der Waals surface area contributed by atoms with Crippen LogP contribution in [-0.4, -0.2) is 12.8 Å². The minimum Gasteiger partial charge on any atom is -0.380 e. The van der Waals surface area contributed by atoms with E-state index in [1.54, 1.807) is 0 Å². The molecule has 0 amide bonds. The molecule has 1 aliphatic heterocycles. The lowest BCUT2D eigenvalue weighted by atomic mass is 10.1. The smallest absolute Gasteiger partial charge is 0.0628 e. The molecule has 1 aliphatic rings. The summed E-state index contributed by atoms with van der Waals surface area (Å²) in [5.74, 6) is 0. The maximum atomic E-state index is 4.45. The molecule has 0 bridgehead atoms. The summed E-state index contributed by atoms with van der Waals surface area (Å²) in [7, 11) is 0. The van der Waals surface area contributed by atoms with Gasteiger partial charge in [-0.1, -0.05) is 31.6 Å². The van der Waals surface area contributed by atoms with Crippen LogP contribution in [0, 0.1) is 0 Å². The van der Waals surface area contributed by atoms with Crippen molar-refractivity contribution in [1.82, 2.24) is 5.32 Å². The molecule has 0 unspecified atom stereocenters. The predicted octanol–water partition coefficient (Wildman–Crippen LogP) is 3.19. The minimum absolute atomic E-state index is 0.896. The van der Waals surface area contributed by atoms with Crippen LogP contribution < -0.4 is 5.32 Å². The highest BCUT2D eigenvalue weighted by molar-refractivity contribution is 5.59. The first kappa shape index (κ1) is 11.8. The molecule has 1 N–H and O–H groups in total. The predicted molar refractivity (Wildman–Crippen MR) is 67.0 cm³/mol. The first-order chi connectivity index (χ1) is 7.29. The van der Waals surface area contributed by atoms with E-state index in [9.17, 15) is 0 Å². The Morgan fingerprint density at radius 3 is 3.07 bits per heavy atom. The molecule has 0 aromatic heterocycles. The average molecular weight is 204 g/mol. The highest BCUT2D eigenvalue weighted by Gasteiger charge is 2.07. The van der Waals surface area contributed by atoms with Crippen LogP contribution in [0.3, 0.4) is 0 Å². The van der Waals surface area contributed by atoms with Crippen molar-refractivity contribution in [3.05, 3.63) is 35.2 Å². The lowest BCUT2D eigenvalue weighted by molar-refractivity contribution is 0.875. The van der Waals surface area contributed by atoms with Gasteiger partial charge in [-0.05, 0) is 25.8 Å². The number of hydrogen-bond acceptors (Lipinski definition) is 2. The third kappa shape index (κ3) is 3.39. The quantitative estimate of drug-likeness (QED) is 0.701. The summed E-state index contributed by atoms with van der Waals surface area (Å²) in [6.07, 6.45) is 10.6. The Kier molecular flexibility index (Phi) is 4.88. The molecule has 15 heavy (non-hydrogen) atoms. The maximum absolute atomic E-state index is 4.45. The van der Waals surface area contributed by atoms with Crippen molar-refractivity contribution >= 4 is 6.21 Å². The van der Waals surface area contributed by atoms with Crippen LogP contribution in [0.2, 0.25) is 0 Å². The van der Waals surface area contributed by atoms with Crippen molar-refractivity contribution < 1.29 is 0 Å². The monoisotopic (exact) mass is 204 g/mol. The maximum Gasteiger partial charge on any atom is 0.0628 e. The normalized spacial score (nSPS) is 22.2. The number of nitrogens with one attached hydrogen (secondary N) is 1. The number of nitrogens with zero attached hydrogens (tertiary/aromatic N) is 1. The van der Waals surface area contributed by atoms with Gasteiger partial charge in [-0.15, -0.1) is 0 Å². The molecule has 0 aliphatic carbocycles. The Labute approximate surface area is 92.5 Å². The summed E-state index contributed by atoms with van der Waals surface area (Å²) in [5, 5.41) is 3.36. The molecular formula is C13H20N2. The van der Waals surface area contributed by atoms with Crippen molar-refractivity contribution in [1.29, 1.82) is 0 Å². The highest BCUT2D eigenvalue weighted by Crippen LogP contribution is 2.17. The van der Waals surface area contributed by atoms with Crippen molar-refractivity contribution in [2.45, 2.75) is 33.6 Å². The zero-order valence-corrected chi connectivity index (χ0v) is 9.88. The summed E-state index contributed by atoms with van der Waals surface area (Å²) >= 11 is 0. The third-order valence-corrected chi connectivity index (χ3v) is 2.36. The van der Waals surface area contributed by atoms with Gasteiger partial charge in [0.05, 0.1) is 11.4 Å². The van der Waals surface area contributed by atoms with Gasteiger partial charge in [0.15, 0.2) is 0 Å². The van der Waals surface area contributed by atoms with Gasteiger partial charge in [0.1, 0.15) is 0 Å². The van der Waals surface area contributed by atoms with Gasteiger partial charge in [0, 0.05) is 12.8 Å². The Bertz CT molecular complexity index is 319. The summed E-state index contributed by atoms with van der Waals surface area (Å²) in [5.41, 5.74) is 3.46. The Morgan fingerprint density at radius 1 is 1.60 bits per heavy atom. The lowest BCUT2D eigenvalue weighted by Crippen LogP contribution is -2.19. The summed E-state index contributed by atoms with van der Waals surface area (Å²) in [6.45, 7) is 7.16. The van der Waals surface area contributed by atoms with Crippen molar-refractivity contribution in [3.8, 4) is 0 Å². The van der Waals surface area contributed by atoms with Gasteiger partial charge >= 0.3 is 0 Å². The largest absolute Gasteiger partial charge is 0.380 e. The summed E-state index contributed by atoms with van der Waals surface area (Å²) in [6, 6.07) is 0. The van der Waals surface area contributed by atoms with Gasteiger partial charge in [-0.25, -0.2) is 0 Å². The molecule has 0 fully saturated rings. The van der Waals surface area contributed by atoms with E-state index in [2.05, 4.69) is 49.3 Å². The molecule has 0 radical (unpaired) electrons. The fourth-order valence-electron chi connectivity index (χ4n) is 1.50. The van der Waals surface area contributed by atoms with Crippen LogP contribution in [0.5, 0.6) is 0 Å². The first-order valence-corrected chi connectivity index (χ1v) is 5.60. The van der Waals surface area contributed by atoms with E-state index in [-0.39, 0.29) is 0 Å². The SMILES string of the molecule is C/C=C1/C=CCN/C1=C(/C)N=CCCC. The van der Waals surface area contributed by atoms with E-state index in [0.717, 1.165) is 30.8 Å². The summed E-state index contributed by atoms with van der Waals surface area (Å²) < 4.78 is 0. The Hall–Kier alpha value is -1.31. The van der Waals surface area contributed by atoms with Crippen molar-refractivity contribution in [2.24, 2.45) is 4.99 Å². The van der Waals surface area contributed by atoms with Gasteiger partial charge in [-0.2, -0.15) is 0 Å². The van der Waals surface area contributed by atoms with E-state index in [1.165, 1.54) is 5.57 Å². The van der Waals surface area contributed by atoms with Gasteiger partial charge in [0.25, 0.3) is 0 Å². The molecule has 1 rings (SSSR count). The molecule has 82 valence electrons. The third-order valence-electron chi connectivity index (χ3n) is 2.36. The number of rotatable bonds is 3. The van der Waals surface area contributed by atoms with Crippen LogP contribution >= 0.6 is 0 Å². The van der Waals surface area contributed by atoms with E-state index >= 15 is 0 Å². The molecule has 0 saturated carbocycles. The second-order valence-electron chi connectivity index (χ2n) is 3.59. The van der Waals surface area contributed by atoms with Crippen LogP contribution in [0.25, 0.3) is 0 Å². The van der Waals surface area contributed by atoms with E-state index in [4.69, 9.17) is 0 Å². The van der Waals surface area contributed by atoms with E-state index < -0.39 is 0 Å². The zero-order chi connectivity index (χ0) is 11.1. The second kappa shape index (κ2) is 6.23. The molecule has 2 heteroatoms. The van der Waals surface area contributed by atoms with Crippen molar-refractivity contribution in [2.75, 3.05) is 6.54 Å². The highest BCUT2D eigenvalue weighted by atomic mass is 14.9. The molecule has 1 heterocycles. The number of aliphatic imine (C=N–C) groups is 1. The number of allylic oxidation sites excluding steroid dienone is 3. The topological polar surface area (TPSA) is 24.4 Å². The molecule has 0 saturated heterocycles. The van der Waals surface area contributed by atoms with Crippen LogP contribution in [-0.2, 0) is 0 Å². The Morgan fingerprint density at radius 2 is 2.40 bits per heavy atom. The molecular weight excluding hydrogens is 184 g/mol. The zero-order valence-electron chi connectivity index (χ0n) is 9.88. The second-order valence-corrected chi connectivity index (χ2v) is 3.59. The van der Waals surface area contributed by atoms with E-state index in [1.807, 2.05) is 6.21 Å². The van der Waals surface area contributed by atoms with Gasteiger partial charge < -0.3 is 5.32 Å². The van der Waals surface area contributed by atoms with Crippen LogP contribution in [0.4, 0.5) is 0 Å². The number of hydrogen-bond donors (Lipinski definition) is 1. The first-order valence-electron chi connectivity index (χ1n) is 5.60. The Balaban J connectivity index is 2.83. The molecule has 0 aromatic rings. The van der Waals surface area contributed by atoms with Crippen LogP contribution in [0.15, 0.2) is 40.2 Å².